The summed E-state index contributed by atoms with van der Waals surface area (Å²) in [6.45, 7) is 4.15. The van der Waals surface area contributed by atoms with E-state index in [1.54, 1.807) is 13.8 Å². The quantitative estimate of drug-likeness (QED) is 0.407. The number of thiocarbonyl (C=S) groups is 1. The Balaban J connectivity index is 1.25. The first-order valence-electron chi connectivity index (χ1n) is 11.7. The van der Waals surface area contributed by atoms with Crippen molar-refractivity contribution in [3.05, 3.63) is 95.6 Å². The zero-order valence-corrected chi connectivity index (χ0v) is 20.6. The van der Waals surface area contributed by atoms with Crippen molar-refractivity contribution in [3.8, 4) is 11.1 Å². The first kappa shape index (κ1) is 24.4. The van der Waals surface area contributed by atoms with Crippen LogP contribution in [0.1, 0.15) is 36.5 Å². The summed E-state index contributed by atoms with van der Waals surface area (Å²) in [5.74, 6) is -0.189. The van der Waals surface area contributed by atoms with E-state index in [4.69, 9.17) is 17.0 Å². The van der Waals surface area contributed by atoms with E-state index in [1.807, 2.05) is 54.6 Å². The molecule has 0 radical (unpaired) electrons. The molecule has 0 aromatic heterocycles. The fourth-order valence-electron chi connectivity index (χ4n) is 4.22. The Bertz CT molecular complexity index is 1170. The second-order valence-corrected chi connectivity index (χ2v) is 9.07. The lowest BCUT2D eigenvalue weighted by molar-refractivity contribution is -0.122. The number of hydrogen-bond donors (Lipinski definition) is 3. The molecule has 7 heteroatoms. The van der Waals surface area contributed by atoms with Crippen LogP contribution in [0.5, 0.6) is 0 Å². The fraction of sp³-hybridized carbons (Fsp3) is 0.250. The second-order valence-electron chi connectivity index (χ2n) is 8.63. The van der Waals surface area contributed by atoms with Gasteiger partial charge in [-0.1, -0.05) is 91.1 Å². The number of benzene rings is 3. The topological polar surface area (TPSA) is 79.5 Å². The molecular weight excluding hydrogens is 458 g/mol. The Morgan fingerprint density at radius 1 is 0.829 bits per heavy atom. The van der Waals surface area contributed by atoms with Crippen LogP contribution in [-0.2, 0) is 16.1 Å². The van der Waals surface area contributed by atoms with E-state index >= 15 is 0 Å². The molecule has 0 saturated carbocycles. The molecule has 180 valence electrons. The number of amides is 2. The molecule has 0 unspecified atom stereocenters. The van der Waals surface area contributed by atoms with E-state index in [9.17, 15) is 9.59 Å². The summed E-state index contributed by atoms with van der Waals surface area (Å²) in [5, 5.41) is 8.63. The van der Waals surface area contributed by atoms with Gasteiger partial charge in [0.15, 0.2) is 0 Å². The van der Waals surface area contributed by atoms with Gasteiger partial charge in [-0.2, -0.15) is 0 Å². The van der Waals surface area contributed by atoms with E-state index < -0.39 is 18.2 Å². The number of ether oxygens (including phenoxy) is 1. The Labute approximate surface area is 211 Å². The summed E-state index contributed by atoms with van der Waals surface area (Å²) in [5.41, 5.74) is 5.68. The Morgan fingerprint density at radius 2 is 1.40 bits per heavy atom. The van der Waals surface area contributed by atoms with Gasteiger partial charge in [-0.3, -0.25) is 4.79 Å². The predicted octanol–water partition coefficient (Wildman–Crippen LogP) is 4.54. The first-order valence-corrected chi connectivity index (χ1v) is 12.1. The van der Waals surface area contributed by atoms with Gasteiger partial charge in [-0.05, 0) is 41.7 Å². The van der Waals surface area contributed by atoms with Gasteiger partial charge in [0.05, 0.1) is 11.0 Å². The van der Waals surface area contributed by atoms with Gasteiger partial charge in [0.1, 0.15) is 12.6 Å². The van der Waals surface area contributed by atoms with Crippen molar-refractivity contribution in [3.63, 3.8) is 0 Å². The molecule has 0 spiro atoms. The average Bonchev–Trinajstić information content (AvgIpc) is 3.20. The maximum Gasteiger partial charge on any atom is 0.407 e. The van der Waals surface area contributed by atoms with E-state index in [-0.39, 0.29) is 18.4 Å². The third kappa shape index (κ3) is 5.87. The summed E-state index contributed by atoms with van der Waals surface area (Å²) in [6.07, 6.45) is -0.551. The lowest BCUT2D eigenvalue weighted by Gasteiger charge is -2.21. The normalized spacial score (nSPS) is 13.7. The van der Waals surface area contributed by atoms with Gasteiger partial charge in [-0.15, -0.1) is 0 Å². The van der Waals surface area contributed by atoms with Crippen molar-refractivity contribution in [1.82, 2.24) is 16.0 Å². The van der Waals surface area contributed by atoms with Crippen molar-refractivity contribution < 1.29 is 14.3 Å². The largest absolute Gasteiger partial charge is 0.449 e. The van der Waals surface area contributed by atoms with Gasteiger partial charge in [-0.25, -0.2) is 4.79 Å². The van der Waals surface area contributed by atoms with Gasteiger partial charge in [0.2, 0.25) is 5.91 Å². The van der Waals surface area contributed by atoms with Gasteiger partial charge in [0.25, 0.3) is 0 Å². The molecule has 3 aromatic rings. The molecule has 6 nitrogen and oxygen atoms in total. The second kappa shape index (κ2) is 11.1. The van der Waals surface area contributed by atoms with E-state index in [0.717, 1.165) is 16.7 Å². The van der Waals surface area contributed by atoms with Crippen LogP contribution < -0.4 is 16.0 Å². The maximum absolute atomic E-state index is 12.5. The lowest BCUT2D eigenvalue weighted by Crippen LogP contribution is -2.50. The molecule has 0 aliphatic heterocycles. The molecule has 0 fully saturated rings. The number of rotatable bonds is 8. The highest BCUT2D eigenvalue weighted by Crippen LogP contribution is 2.44. The minimum atomic E-state index is -0.551. The number of carbonyl (C=O) groups excluding carboxylic acids is 2. The molecule has 0 bridgehead atoms. The van der Waals surface area contributed by atoms with Crippen LogP contribution in [0.25, 0.3) is 11.1 Å². The van der Waals surface area contributed by atoms with Crippen molar-refractivity contribution in [2.24, 2.45) is 0 Å². The molecule has 2 amide bonds. The number of nitrogens with one attached hydrogen (secondary N) is 3. The number of fused-ring (bicyclic) bond motifs is 3. The Morgan fingerprint density at radius 3 is 2.03 bits per heavy atom. The van der Waals surface area contributed by atoms with Crippen molar-refractivity contribution in [2.45, 2.75) is 38.4 Å². The molecule has 4 rings (SSSR count). The van der Waals surface area contributed by atoms with Gasteiger partial charge in [0, 0.05) is 12.5 Å². The van der Waals surface area contributed by atoms with Crippen molar-refractivity contribution in [2.75, 3.05) is 6.61 Å². The molecule has 1 aliphatic carbocycles. The van der Waals surface area contributed by atoms with Gasteiger partial charge < -0.3 is 20.7 Å². The predicted molar refractivity (Wildman–Crippen MR) is 141 cm³/mol. The standard InChI is InChI=1S/C28H29N3O3S/c1-18(26(32)29-16-20-10-4-3-5-11-20)30-27(35)19(2)31-28(33)34-17-25-23-14-8-6-12-21(23)22-13-7-9-15-24(22)25/h3-15,18-19,25H,16-17H2,1-2H3,(H,29,32)(H,30,35)(H,31,33)/t18-,19+/m1/s1. The highest BCUT2D eigenvalue weighted by Gasteiger charge is 2.29. The molecule has 3 N–H and O–H groups in total. The third-order valence-electron chi connectivity index (χ3n) is 6.13. The number of hydrogen-bond acceptors (Lipinski definition) is 4. The van der Waals surface area contributed by atoms with Crippen LogP contribution in [0, 0.1) is 0 Å². The zero-order chi connectivity index (χ0) is 24.8. The summed E-state index contributed by atoms with van der Waals surface area (Å²) in [6, 6.07) is 25.0. The minimum absolute atomic E-state index is 0.0122. The van der Waals surface area contributed by atoms with E-state index in [2.05, 4.69) is 40.2 Å². The molecule has 1 aliphatic rings. The zero-order valence-electron chi connectivity index (χ0n) is 19.8. The lowest BCUT2D eigenvalue weighted by atomic mass is 9.98. The smallest absolute Gasteiger partial charge is 0.407 e. The maximum atomic E-state index is 12.5. The molecule has 2 atom stereocenters. The number of carbonyl (C=O) groups is 2. The molecule has 0 saturated heterocycles. The Hall–Kier alpha value is -3.71. The number of alkyl carbamates (subject to hydrolysis) is 1. The van der Waals surface area contributed by atoms with Crippen LogP contribution in [0.2, 0.25) is 0 Å². The van der Waals surface area contributed by atoms with Crippen LogP contribution >= 0.6 is 12.2 Å². The van der Waals surface area contributed by atoms with Crippen molar-refractivity contribution in [1.29, 1.82) is 0 Å². The molecule has 3 aromatic carbocycles. The van der Waals surface area contributed by atoms with E-state index in [0.29, 0.717) is 11.5 Å². The van der Waals surface area contributed by atoms with Crippen LogP contribution in [0.4, 0.5) is 4.79 Å². The third-order valence-corrected chi connectivity index (χ3v) is 6.60. The van der Waals surface area contributed by atoms with Crippen LogP contribution in [0.15, 0.2) is 78.9 Å². The van der Waals surface area contributed by atoms with Crippen LogP contribution in [0.3, 0.4) is 0 Å². The highest BCUT2D eigenvalue weighted by atomic mass is 32.1. The van der Waals surface area contributed by atoms with Crippen LogP contribution in [-0.4, -0.2) is 35.7 Å². The van der Waals surface area contributed by atoms with Gasteiger partial charge >= 0.3 is 6.09 Å². The first-order chi connectivity index (χ1) is 16.9. The molecule has 35 heavy (non-hydrogen) atoms. The summed E-state index contributed by atoms with van der Waals surface area (Å²) >= 11 is 5.40. The summed E-state index contributed by atoms with van der Waals surface area (Å²) in [7, 11) is 0. The molecular formula is C28H29N3O3S. The van der Waals surface area contributed by atoms with E-state index in [1.165, 1.54) is 11.1 Å². The monoisotopic (exact) mass is 487 g/mol. The highest BCUT2D eigenvalue weighted by molar-refractivity contribution is 7.80. The summed E-state index contributed by atoms with van der Waals surface area (Å²) in [4.78, 5) is 25.3. The Kier molecular flexibility index (Phi) is 7.77. The minimum Gasteiger partial charge on any atom is -0.449 e. The summed E-state index contributed by atoms with van der Waals surface area (Å²) < 4.78 is 5.58. The molecule has 0 heterocycles. The average molecular weight is 488 g/mol. The fourth-order valence-corrected chi connectivity index (χ4v) is 4.46. The van der Waals surface area contributed by atoms with Crippen molar-refractivity contribution >= 4 is 29.2 Å². The SMILES string of the molecule is C[C@H](NC(=O)OCC1c2ccccc2-c2ccccc21)C(=S)N[C@H](C)C(=O)NCc1ccccc1.